The van der Waals surface area contributed by atoms with Crippen LogP contribution in [0.4, 0.5) is 25.4 Å². The predicted octanol–water partition coefficient (Wildman–Crippen LogP) is 7.16. The molecule has 2 aromatic carbocycles. The molecule has 184 valence electrons. The lowest BCUT2D eigenvalue weighted by molar-refractivity contribution is -0.384. The second-order valence-electron chi connectivity index (χ2n) is 9.31. The molecule has 0 spiro atoms. The van der Waals surface area contributed by atoms with Crippen molar-refractivity contribution in [3.63, 3.8) is 0 Å². The minimum atomic E-state index is -1.09. The lowest BCUT2D eigenvalue weighted by atomic mass is 10.2. The van der Waals surface area contributed by atoms with Gasteiger partial charge in [0.05, 0.1) is 10.6 Å². The number of carbonyl (C=O) groups is 2. The first kappa shape index (κ1) is 26.8. The van der Waals surface area contributed by atoms with E-state index in [1.54, 1.807) is 41.5 Å². The number of hydrogen-bond acceptors (Lipinski definition) is 7. The molecule has 2 amide bonds. The molecule has 0 aliphatic heterocycles. The van der Waals surface area contributed by atoms with Crippen molar-refractivity contribution in [3.05, 3.63) is 56.8 Å². The number of non-ortho nitro benzene ring substituents is 1. The number of benzene rings is 2. The molecule has 0 radical (unpaired) electrons. The number of aryl methyl sites for hydroxylation is 1. The molecule has 0 saturated carbocycles. The van der Waals surface area contributed by atoms with E-state index in [1.165, 1.54) is 25.1 Å². The van der Waals surface area contributed by atoms with Crippen molar-refractivity contribution in [1.82, 2.24) is 0 Å². The lowest BCUT2D eigenvalue weighted by Gasteiger charge is -2.29. The fraction of sp³-hybridized carbons (Fsp3) is 0.391. The highest BCUT2D eigenvalue weighted by atomic mass is 35.5. The van der Waals surface area contributed by atoms with E-state index in [-0.39, 0.29) is 17.1 Å². The lowest BCUT2D eigenvalue weighted by Crippen LogP contribution is -2.44. The molecule has 2 aromatic rings. The molecule has 0 aliphatic carbocycles. The maximum atomic E-state index is 14.7. The molecule has 34 heavy (non-hydrogen) atoms. The second kappa shape index (κ2) is 9.84. The first-order valence-corrected chi connectivity index (χ1v) is 10.5. The Labute approximate surface area is 201 Å². The number of carbonyl (C=O) groups excluding carboxylic acids is 2. The van der Waals surface area contributed by atoms with Crippen molar-refractivity contribution in [2.24, 2.45) is 0 Å². The number of nitro benzene ring substituents is 1. The minimum Gasteiger partial charge on any atom is -0.452 e. The van der Waals surface area contributed by atoms with Crippen LogP contribution in [0.2, 0.25) is 5.02 Å². The van der Waals surface area contributed by atoms with Gasteiger partial charge in [-0.25, -0.2) is 14.0 Å². The molecular weight excluding hydrogens is 471 g/mol. The van der Waals surface area contributed by atoms with Crippen LogP contribution in [-0.2, 0) is 9.47 Å². The molecule has 0 aliphatic rings. The summed E-state index contributed by atoms with van der Waals surface area (Å²) in [5.74, 6) is -1.29. The second-order valence-corrected chi connectivity index (χ2v) is 9.69. The number of nitro groups is 1. The summed E-state index contributed by atoms with van der Waals surface area (Å²) in [6, 6.07) is 5.79. The largest absolute Gasteiger partial charge is 0.452 e. The van der Waals surface area contributed by atoms with Gasteiger partial charge in [0, 0.05) is 12.1 Å². The van der Waals surface area contributed by atoms with E-state index in [1.807, 2.05) is 0 Å². The van der Waals surface area contributed by atoms with E-state index in [0.29, 0.717) is 10.5 Å². The number of nitrogens with zero attached hydrogens (tertiary/aromatic N) is 2. The van der Waals surface area contributed by atoms with Crippen LogP contribution in [0.1, 0.15) is 47.1 Å². The number of amides is 2. The van der Waals surface area contributed by atoms with Gasteiger partial charge in [-0.1, -0.05) is 11.6 Å². The van der Waals surface area contributed by atoms with Gasteiger partial charge >= 0.3 is 12.2 Å². The summed E-state index contributed by atoms with van der Waals surface area (Å²) in [6.07, 6.45) is -2.18. The smallest absolute Gasteiger partial charge is 0.424 e. The van der Waals surface area contributed by atoms with E-state index < -0.39 is 44.9 Å². The molecule has 0 fully saturated rings. The van der Waals surface area contributed by atoms with Crippen LogP contribution in [-0.4, -0.2) is 28.3 Å². The number of rotatable bonds is 4. The topological polar surface area (TPSA) is 108 Å². The SMILES string of the molecule is Cc1cc([N+](=O)[O-])ccc1Oc1c(F)ccc(N(C(=O)OC(C)(C)C)C(=O)OC(C)(C)C)c1Cl. The quantitative estimate of drug-likeness (QED) is 0.326. The van der Waals surface area contributed by atoms with Gasteiger partial charge < -0.3 is 14.2 Å². The molecule has 2 rings (SSSR count). The van der Waals surface area contributed by atoms with Crippen molar-refractivity contribution in [2.45, 2.75) is 59.7 Å². The Morgan fingerprint density at radius 3 is 1.97 bits per heavy atom. The molecule has 0 bridgehead atoms. The van der Waals surface area contributed by atoms with Gasteiger partial charge in [0.15, 0.2) is 11.6 Å². The first-order valence-electron chi connectivity index (χ1n) is 10.2. The summed E-state index contributed by atoms with van der Waals surface area (Å²) in [6.45, 7) is 11.2. The van der Waals surface area contributed by atoms with Crippen LogP contribution in [0.3, 0.4) is 0 Å². The summed E-state index contributed by atoms with van der Waals surface area (Å²) in [7, 11) is 0. The fourth-order valence-electron chi connectivity index (χ4n) is 2.65. The summed E-state index contributed by atoms with van der Waals surface area (Å²) < 4.78 is 30.9. The summed E-state index contributed by atoms with van der Waals surface area (Å²) in [5, 5.41) is 10.6. The number of imide groups is 1. The van der Waals surface area contributed by atoms with Crippen LogP contribution < -0.4 is 9.64 Å². The molecule has 0 atom stereocenters. The molecule has 0 aromatic heterocycles. The average molecular weight is 497 g/mol. The molecule has 0 unspecified atom stereocenters. The van der Waals surface area contributed by atoms with Gasteiger partial charge in [0.25, 0.3) is 5.69 Å². The molecule has 0 N–H and O–H groups in total. The third-order valence-electron chi connectivity index (χ3n) is 4.00. The normalized spacial score (nSPS) is 11.6. The molecule has 11 heteroatoms. The Hall–Kier alpha value is -3.40. The van der Waals surface area contributed by atoms with Crippen LogP contribution in [0.15, 0.2) is 30.3 Å². The first-order chi connectivity index (χ1) is 15.5. The summed E-state index contributed by atoms with van der Waals surface area (Å²) >= 11 is 6.39. The van der Waals surface area contributed by atoms with Gasteiger partial charge in [-0.2, -0.15) is 4.90 Å². The fourth-order valence-corrected chi connectivity index (χ4v) is 2.92. The van der Waals surface area contributed by atoms with E-state index >= 15 is 0 Å². The van der Waals surface area contributed by atoms with Gasteiger partial charge in [0.2, 0.25) is 0 Å². The van der Waals surface area contributed by atoms with Crippen molar-refractivity contribution in [2.75, 3.05) is 4.90 Å². The molecule has 0 heterocycles. The molecule has 0 saturated heterocycles. The maximum absolute atomic E-state index is 14.7. The zero-order chi connectivity index (χ0) is 26.0. The Morgan fingerprint density at radius 1 is 1.00 bits per heavy atom. The predicted molar refractivity (Wildman–Crippen MR) is 124 cm³/mol. The van der Waals surface area contributed by atoms with Gasteiger partial charge in [-0.15, -0.1) is 0 Å². The highest BCUT2D eigenvalue weighted by molar-refractivity contribution is 6.36. The highest BCUT2D eigenvalue weighted by Gasteiger charge is 2.35. The Morgan fingerprint density at radius 2 is 1.53 bits per heavy atom. The number of ether oxygens (including phenoxy) is 3. The van der Waals surface area contributed by atoms with Crippen LogP contribution in [0.5, 0.6) is 11.5 Å². The Kier molecular flexibility index (Phi) is 7.77. The maximum Gasteiger partial charge on any atom is 0.424 e. The number of anilines is 1. The zero-order valence-electron chi connectivity index (χ0n) is 19.9. The van der Waals surface area contributed by atoms with Crippen LogP contribution in [0, 0.1) is 22.9 Å². The van der Waals surface area contributed by atoms with Crippen molar-refractivity contribution < 1.29 is 33.1 Å². The van der Waals surface area contributed by atoms with Crippen molar-refractivity contribution >= 4 is 35.2 Å². The zero-order valence-corrected chi connectivity index (χ0v) is 20.7. The monoisotopic (exact) mass is 496 g/mol. The highest BCUT2D eigenvalue weighted by Crippen LogP contribution is 2.41. The Bertz CT molecular complexity index is 1100. The van der Waals surface area contributed by atoms with Crippen molar-refractivity contribution in [1.29, 1.82) is 0 Å². The molecular formula is C23H26ClFN2O7. The standard InChI is InChI=1S/C23H26ClFN2O7/c1-13-12-14(27(30)31)8-11-17(13)32-19-15(25)9-10-16(18(19)24)26(20(28)33-22(2,3)4)21(29)34-23(5,6)7/h8-12H,1-7H3. The van der Waals surface area contributed by atoms with Crippen LogP contribution >= 0.6 is 11.6 Å². The minimum absolute atomic E-state index is 0.0876. The van der Waals surface area contributed by atoms with Gasteiger partial charge in [-0.3, -0.25) is 10.1 Å². The summed E-state index contributed by atoms with van der Waals surface area (Å²) in [4.78, 5) is 36.7. The van der Waals surface area contributed by atoms with Gasteiger partial charge in [0.1, 0.15) is 22.0 Å². The van der Waals surface area contributed by atoms with Crippen LogP contribution in [0.25, 0.3) is 0 Å². The van der Waals surface area contributed by atoms with E-state index in [2.05, 4.69) is 0 Å². The van der Waals surface area contributed by atoms with E-state index in [4.69, 9.17) is 25.8 Å². The third kappa shape index (κ3) is 6.80. The summed E-state index contributed by atoms with van der Waals surface area (Å²) in [5.41, 5.74) is -1.99. The van der Waals surface area contributed by atoms with E-state index in [9.17, 15) is 24.1 Å². The number of hydrogen-bond donors (Lipinski definition) is 0. The molecule has 9 nitrogen and oxygen atoms in total. The third-order valence-corrected chi connectivity index (χ3v) is 4.37. The average Bonchev–Trinajstić information content (AvgIpc) is 2.65. The Balaban J connectivity index is 2.57. The van der Waals surface area contributed by atoms with Crippen molar-refractivity contribution in [3.8, 4) is 11.5 Å². The van der Waals surface area contributed by atoms with E-state index in [0.717, 1.165) is 12.1 Å². The number of halogens is 2. The van der Waals surface area contributed by atoms with Gasteiger partial charge in [-0.05, 0) is 72.2 Å².